The lowest BCUT2D eigenvalue weighted by Crippen LogP contribution is -2.44. The van der Waals surface area contributed by atoms with Gasteiger partial charge in [0.1, 0.15) is 0 Å². The van der Waals surface area contributed by atoms with E-state index in [4.69, 9.17) is 0 Å². The fraction of sp³-hybridized carbons (Fsp3) is 1.00. The average Bonchev–Trinajstić information content (AvgIpc) is 2.14. The van der Waals surface area contributed by atoms with Crippen LogP contribution in [0.5, 0.6) is 0 Å². The highest BCUT2D eigenvalue weighted by Gasteiger charge is 2.37. The van der Waals surface area contributed by atoms with E-state index in [0.29, 0.717) is 11.4 Å². The molecule has 0 unspecified atom stereocenters. The molecule has 1 saturated heterocycles. The van der Waals surface area contributed by atoms with Crippen LogP contribution in [0.4, 0.5) is 13.2 Å². The molecule has 0 aromatic heterocycles. The SMILES string of the molecule is CCN(C[C@H]1CCCNC1)C(F)(F)F. The highest BCUT2D eigenvalue weighted by atomic mass is 19.4. The Hall–Kier alpha value is -0.290. The van der Waals surface area contributed by atoms with Crippen molar-refractivity contribution in [3.05, 3.63) is 0 Å². The molecule has 1 fully saturated rings. The molecule has 0 aliphatic carbocycles. The molecule has 1 atom stereocenters. The average molecular weight is 210 g/mol. The van der Waals surface area contributed by atoms with E-state index in [1.165, 1.54) is 0 Å². The molecule has 1 aliphatic rings. The Morgan fingerprint density at radius 1 is 1.43 bits per heavy atom. The Balaban J connectivity index is 2.39. The van der Waals surface area contributed by atoms with Gasteiger partial charge in [-0.15, -0.1) is 0 Å². The lowest BCUT2D eigenvalue weighted by atomic mass is 9.99. The van der Waals surface area contributed by atoms with E-state index in [9.17, 15) is 13.2 Å². The molecule has 1 rings (SSSR count). The first-order valence-electron chi connectivity index (χ1n) is 5.06. The molecule has 1 heterocycles. The van der Waals surface area contributed by atoms with Crippen molar-refractivity contribution in [3.63, 3.8) is 0 Å². The minimum absolute atomic E-state index is 0.0417. The minimum atomic E-state index is -4.17. The second kappa shape index (κ2) is 4.98. The third-order valence-electron chi connectivity index (χ3n) is 2.62. The van der Waals surface area contributed by atoms with E-state index >= 15 is 0 Å². The molecule has 0 radical (unpaired) electrons. The fourth-order valence-corrected chi connectivity index (χ4v) is 1.80. The molecule has 0 aromatic rings. The predicted molar refractivity (Wildman–Crippen MR) is 48.9 cm³/mol. The zero-order valence-electron chi connectivity index (χ0n) is 8.40. The standard InChI is InChI=1S/C9H17F3N2/c1-2-14(9(10,11)12)7-8-4-3-5-13-6-8/h8,13H,2-7H2,1H3/t8-/m0/s1. The maximum Gasteiger partial charge on any atom is 0.459 e. The largest absolute Gasteiger partial charge is 0.459 e. The number of hydrogen-bond acceptors (Lipinski definition) is 2. The molecule has 84 valence electrons. The molecular weight excluding hydrogens is 193 g/mol. The van der Waals surface area contributed by atoms with Gasteiger partial charge in [0.05, 0.1) is 0 Å². The number of piperidine rings is 1. The summed E-state index contributed by atoms with van der Waals surface area (Å²) in [5.74, 6) is 0.144. The van der Waals surface area contributed by atoms with Crippen LogP contribution in [0.1, 0.15) is 19.8 Å². The van der Waals surface area contributed by atoms with Gasteiger partial charge >= 0.3 is 6.30 Å². The van der Waals surface area contributed by atoms with Crippen LogP contribution >= 0.6 is 0 Å². The number of halogens is 3. The Kier molecular flexibility index (Phi) is 4.19. The molecule has 1 aliphatic heterocycles. The van der Waals surface area contributed by atoms with Crippen molar-refractivity contribution in [1.82, 2.24) is 10.2 Å². The van der Waals surface area contributed by atoms with Crippen molar-refractivity contribution in [2.75, 3.05) is 26.2 Å². The van der Waals surface area contributed by atoms with Gasteiger partial charge in [0.15, 0.2) is 0 Å². The van der Waals surface area contributed by atoms with Crippen LogP contribution < -0.4 is 5.32 Å². The van der Waals surface area contributed by atoms with Crippen LogP contribution in [0.25, 0.3) is 0 Å². The summed E-state index contributed by atoms with van der Waals surface area (Å²) in [5.41, 5.74) is 0. The molecule has 0 saturated carbocycles. The number of nitrogens with zero attached hydrogens (tertiary/aromatic N) is 1. The molecule has 2 nitrogen and oxygen atoms in total. The fourth-order valence-electron chi connectivity index (χ4n) is 1.80. The van der Waals surface area contributed by atoms with E-state index < -0.39 is 6.30 Å². The third kappa shape index (κ3) is 3.46. The van der Waals surface area contributed by atoms with Gasteiger partial charge in [0, 0.05) is 13.1 Å². The normalized spacial score (nSPS) is 24.2. The number of hydrogen-bond donors (Lipinski definition) is 1. The summed E-state index contributed by atoms with van der Waals surface area (Å²) in [6.07, 6.45) is -2.29. The Morgan fingerprint density at radius 2 is 2.14 bits per heavy atom. The van der Waals surface area contributed by atoms with Crippen LogP contribution in [0.3, 0.4) is 0 Å². The summed E-state index contributed by atoms with van der Waals surface area (Å²) >= 11 is 0. The molecule has 0 aromatic carbocycles. The van der Waals surface area contributed by atoms with Gasteiger partial charge in [-0.05, 0) is 31.8 Å². The van der Waals surface area contributed by atoms with E-state index in [1.807, 2.05) is 0 Å². The number of nitrogens with one attached hydrogen (secondary N) is 1. The Bertz CT molecular complexity index is 164. The van der Waals surface area contributed by atoms with Crippen LogP contribution in [0.2, 0.25) is 0 Å². The van der Waals surface area contributed by atoms with Gasteiger partial charge in [0.25, 0.3) is 0 Å². The van der Waals surface area contributed by atoms with Gasteiger partial charge in [-0.2, -0.15) is 13.2 Å². The van der Waals surface area contributed by atoms with E-state index in [1.54, 1.807) is 6.92 Å². The summed E-state index contributed by atoms with van der Waals surface area (Å²) in [4.78, 5) is 0.588. The van der Waals surface area contributed by atoms with Gasteiger partial charge in [0.2, 0.25) is 0 Å². The van der Waals surface area contributed by atoms with E-state index in [-0.39, 0.29) is 19.0 Å². The Labute approximate surface area is 82.5 Å². The highest BCUT2D eigenvalue weighted by molar-refractivity contribution is 4.73. The van der Waals surface area contributed by atoms with E-state index in [0.717, 1.165) is 19.4 Å². The quantitative estimate of drug-likeness (QED) is 0.715. The lowest BCUT2D eigenvalue weighted by molar-refractivity contribution is -0.247. The zero-order chi connectivity index (χ0) is 10.6. The van der Waals surface area contributed by atoms with Gasteiger partial charge in [-0.1, -0.05) is 6.92 Å². The third-order valence-corrected chi connectivity index (χ3v) is 2.62. The molecule has 1 N–H and O–H groups in total. The predicted octanol–water partition coefficient (Wildman–Crippen LogP) is 1.83. The number of rotatable bonds is 3. The van der Waals surface area contributed by atoms with Crippen LogP contribution in [-0.2, 0) is 0 Å². The first kappa shape index (κ1) is 11.8. The van der Waals surface area contributed by atoms with Crippen LogP contribution in [0.15, 0.2) is 0 Å². The maximum atomic E-state index is 12.4. The first-order valence-corrected chi connectivity index (χ1v) is 5.06. The first-order chi connectivity index (χ1) is 6.54. The van der Waals surface area contributed by atoms with Crippen LogP contribution in [0, 0.1) is 5.92 Å². The van der Waals surface area contributed by atoms with Gasteiger partial charge in [-0.25, -0.2) is 4.90 Å². The number of alkyl halides is 3. The molecule has 14 heavy (non-hydrogen) atoms. The van der Waals surface area contributed by atoms with Crippen molar-refractivity contribution in [2.45, 2.75) is 26.1 Å². The highest BCUT2D eigenvalue weighted by Crippen LogP contribution is 2.23. The van der Waals surface area contributed by atoms with Crippen LogP contribution in [-0.4, -0.2) is 37.4 Å². The lowest BCUT2D eigenvalue weighted by Gasteiger charge is -2.30. The maximum absolute atomic E-state index is 12.4. The summed E-state index contributed by atoms with van der Waals surface area (Å²) < 4.78 is 37.1. The summed E-state index contributed by atoms with van der Waals surface area (Å²) in [6, 6.07) is 0. The van der Waals surface area contributed by atoms with Gasteiger partial charge < -0.3 is 5.32 Å². The van der Waals surface area contributed by atoms with Crippen molar-refractivity contribution in [1.29, 1.82) is 0 Å². The van der Waals surface area contributed by atoms with Crippen molar-refractivity contribution in [2.24, 2.45) is 5.92 Å². The topological polar surface area (TPSA) is 15.3 Å². The van der Waals surface area contributed by atoms with Crippen molar-refractivity contribution in [3.8, 4) is 0 Å². The van der Waals surface area contributed by atoms with Crippen molar-refractivity contribution >= 4 is 0 Å². The summed E-state index contributed by atoms with van der Waals surface area (Å²) in [7, 11) is 0. The molecule has 0 spiro atoms. The second-order valence-electron chi connectivity index (χ2n) is 3.72. The minimum Gasteiger partial charge on any atom is -0.316 e. The zero-order valence-corrected chi connectivity index (χ0v) is 8.40. The molecule has 0 bridgehead atoms. The van der Waals surface area contributed by atoms with E-state index in [2.05, 4.69) is 5.32 Å². The smallest absolute Gasteiger partial charge is 0.316 e. The summed E-state index contributed by atoms with van der Waals surface area (Å²) in [6.45, 7) is 3.37. The Morgan fingerprint density at radius 3 is 2.57 bits per heavy atom. The second-order valence-corrected chi connectivity index (χ2v) is 3.72. The van der Waals surface area contributed by atoms with Crippen molar-refractivity contribution < 1.29 is 13.2 Å². The molecule has 5 heteroatoms. The van der Waals surface area contributed by atoms with Gasteiger partial charge in [-0.3, -0.25) is 0 Å². The molecular formula is C9H17F3N2. The monoisotopic (exact) mass is 210 g/mol. The molecule has 0 amide bonds. The summed E-state index contributed by atoms with van der Waals surface area (Å²) in [5, 5.41) is 3.12.